The molecule has 1 fully saturated rings. The lowest BCUT2D eigenvalue weighted by Crippen LogP contribution is -2.38. The summed E-state index contributed by atoms with van der Waals surface area (Å²) in [6.07, 6.45) is 1.21. The third-order valence-corrected chi connectivity index (χ3v) is 2.94. The highest BCUT2D eigenvalue weighted by atomic mass is 35.5. The SMILES string of the molecule is C[C@@H]1CC(=O)C[C@H](c2cccc(Cl)c2)N1. The van der Waals surface area contributed by atoms with E-state index in [-0.39, 0.29) is 12.1 Å². The number of hydrogen-bond donors (Lipinski definition) is 1. The summed E-state index contributed by atoms with van der Waals surface area (Å²) in [5.74, 6) is 0.325. The van der Waals surface area contributed by atoms with E-state index in [2.05, 4.69) is 5.32 Å². The van der Waals surface area contributed by atoms with Crippen molar-refractivity contribution >= 4 is 17.4 Å². The van der Waals surface area contributed by atoms with Crippen LogP contribution in [0.25, 0.3) is 0 Å². The van der Waals surface area contributed by atoms with Gasteiger partial charge in [-0.3, -0.25) is 4.79 Å². The molecule has 0 unspecified atom stereocenters. The van der Waals surface area contributed by atoms with Gasteiger partial charge in [0.2, 0.25) is 0 Å². The summed E-state index contributed by atoms with van der Waals surface area (Å²) >= 11 is 5.92. The zero-order valence-electron chi connectivity index (χ0n) is 8.66. The number of ketones is 1. The molecule has 1 aromatic carbocycles. The van der Waals surface area contributed by atoms with Crippen LogP contribution in [0, 0.1) is 0 Å². The first-order valence-electron chi connectivity index (χ1n) is 5.18. The third kappa shape index (κ3) is 2.58. The van der Waals surface area contributed by atoms with Crippen LogP contribution in [-0.2, 0) is 4.79 Å². The molecular formula is C12H14ClNO. The van der Waals surface area contributed by atoms with Crippen molar-refractivity contribution in [3.63, 3.8) is 0 Å². The minimum atomic E-state index is 0.125. The van der Waals surface area contributed by atoms with E-state index < -0.39 is 0 Å². The van der Waals surface area contributed by atoms with Crippen molar-refractivity contribution in [2.75, 3.05) is 0 Å². The van der Waals surface area contributed by atoms with E-state index in [1.807, 2.05) is 31.2 Å². The number of nitrogens with one attached hydrogen (secondary N) is 1. The van der Waals surface area contributed by atoms with Crippen molar-refractivity contribution in [2.24, 2.45) is 0 Å². The van der Waals surface area contributed by atoms with Crippen molar-refractivity contribution < 1.29 is 4.79 Å². The smallest absolute Gasteiger partial charge is 0.136 e. The second-order valence-corrected chi connectivity index (χ2v) is 4.56. The molecule has 1 heterocycles. The van der Waals surface area contributed by atoms with Crippen molar-refractivity contribution in [1.82, 2.24) is 5.32 Å². The summed E-state index contributed by atoms with van der Waals surface area (Å²) in [5, 5.41) is 4.13. The summed E-state index contributed by atoms with van der Waals surface area (Å²) in [6.45, 7) is 2.04. The second kappa shape index (κ2) is 4.33. The first kappa shape index (κ1) is 10.7. The van der Waals surface area contributed by atoms with Gasteiger partial charge in [-0.05, 0) is 24.6 Å². The maximum atomic E-state index is 11.5. The van der Waals surface area contributed by atoms with Crippen LogP contribution in [0.1, 0.15) is 31.4 Å². The molecule has 0 bridgehead atoms. The van der Waals surface area contributed by atoms with E-state index in [1.165, 1.54) is 0 Å². The molecule has 2 nitrogen and oxygen atoms in total. The topological polar surface area (TPSA) is 29.1 Å². The lowest BCUT2D eigenvalue weighted by molar-refractivity contribution is -0.121. The van der Waals surface area contributed by atoms with Crippen molar-refractivity contribution in [2.45, 2.75) is 31.8 Å². The lowest BCUT2D eigenvalue weighted by Gasteiger charge is -2.28. The molecule has 1 saturated heterocycles. The Morgan fingerprint density at radius 3 is 2.87 bits per heavy atom. The Morgan fingerprint density at radius 1 is 1.40 bits per heavy atom. The van der Waals surface area contributed by atoms with Crippen LogP contribution < -0.4 is 5.32 Å². The van der Waals surface area contributed by atoms with Gasteiger partial charge in [0.25, 0.3) is 0 Å². The first-order chi connectivity index (χ1) is 7.15. The minimum Gasteiger partial charge on any atom is -0.307 e. The largest absolute Gasteiger partial charge is 0.307 e. The van der Waals surface area contributed by atoms with Crippen LogP contribution >= 0.6 is 11.6 Å². The summed E-state index contributed by atoms with van der Waals surface area (Å²) in [4.78, 5) is 11.5. The van der Waals surface area contributed by atoms with Gasteiger partial charge in [-0.15, -0.1) is 0 Å². The average Bonchev–Trinajstić information content (AvgIpc) is 2.16. The van der Waals surface area contributed by atoms with E-state index in [0.717, 1.165) is 10.6 Å². The second-order valence-electron chi connectivity index (χ2n) is 4.12. The molecule has 0 amide bonds. The molecular weight excluding hydrogens is 210 g/mol. The number of rotatable bonds is 1. The number of hydrogen-bond acceptors (Lipinski definition) is 2. The molecule has 0 saturated carbocycles. The van der Waals surface area contributed by atoms with Crippen LogP contribution in [0.5, 0.6) is 0 Å². The summed E-state index contributed by atoms with van der Waals surface area (Å²) < 4.78 is 0. The van der Waals surface area contributed by atoms with Gasteiger partial charge in [0.15, 0.2) is 0 Å². The molecule has 0 aliphatic carbocycles. The fourth-order valence-electron chi connectivity index (χ4n) is 2.05. The quantitative estimate of drug-likeness (QED) is 0.793. The number of halogens is 1. The monoisotopic (exact) mass is 223 g/mol. The maximum absolute atomic E-state index is 11.5. The highest BCUT2D eigenvalue weighted by Gasteiger charge is 2.24. The number of carbonyl (C=O) groups excluding carboxylic acids is 1. The van der Waals surface area contributed by atoms with Crippen LogP contribution in [0.3, 0.4) is 0 Å². The van der Waals surface area contributed by atoms with Gasteiger partial charge >= 0.3 is 0 Å². The fraction of sp³-hybridized carbons (Fsp3) is 0.417. The van der Waals surface area contributed by atoms with Gasteiger partial charge in [0.05, 0.1) is 0 Å². The predicted molar refractivity (Wildman–Crippen MR) is 61.0 cm³/mol. The zero-order valence-corrected chi connectivity index (χ0v) is 9.42. The van der Waals surface area contributed by atoms with Gasteiger partial charge < -0.3 is 5.32 Å². The van der Waals surface area contributed by atoms with E-state index in [0.29, 0.717) is 18.6 Å². The van der Waals surface area contributed by atoms with Gasteiger partial charge in [-0.25, -0.2) is 0 Å². The summed E-state index contributed by atoms with van der Waals surface area (Å²) in [6, 6.07) is 8.08. The van der Waals surface area contributed by atoms with Crippen molar-refractivity contribution in [1.29, 1.82) is 0 Å². The van der Waals surface area contributed by atoms with Gasteiger partial charge in [-0.2, -0.15) is 0 Å². The average molecular weight is 224 g/mol. The van der Waals surface area contributed by atoms with Crippen LogP contribution in [0.4, 0.5) is 0 Å². The molecule has 15 heavy (non-hydrogen) atoms. The van der Waals surface area contributed by atoms with Crippen molar-refractivity contribution in [3.05, 3.63) is 34.9 Å². The first-order valence-corrected chi connectivity index (χ1v) is 5.56. The van der Waals surface area contributed by atoms with Crippen LogP contribution in [0.2, 0.25) is 5.02 Å². The number of carbonyl (C=O) groups is 1. The molecule has 1 N–H and O–H groups in total. The third-order valence-electron chi connectivity index (χ3n) is 2.70. The Balaban J connectivity index is 2.19. The van der Waals surface area contributed by atoms with Gasteiger partial charge in [-0.1, -0.05) is 23.7 Å². The predicted octanol–water partition coefficient (Wildman–Crippen LogP) is 2.72. The molecule has 1 aliphatic heterocycles. The number of piperidine rings is 1. The molecule has 2 atom stereocenters. The highest BCUT2D eigenvalue weighted by Crippen LogP contribution is 2.25. The molecule has 80 valence electrons. The standard InChI is InChI=1S/C12H14ClNO/c1-8-5-11(15)7-12(14-8)9-3-2-4-10(13)6-9/h2-4,6,8,12,14H,5,7H2,1H3/t8-,12-/m1/s1. The molecule has 3 heteroatoms. The van der Waals surface area contributed by atoms with Crippen LogP contribution in [-0.4, -0.2) is 11.8 Å². The Morgan fingerprint density at radius 2 is 2.20 bits per heavy atom. The van der Waals surface area contributed by atoms with E-state index in [1.54, 1.807) is 0 Å². The molecule has 2 rings (SSSR count). The lowest BCUT2D eigenvalue weighted by atomic mass is 9.93. The van der Waals surface area contributed by atoms with Gasteiger partial charge in [0.1, 0.15) is 5.78 Å². The Labute approximate surface area is 94.6 Å². The Kier molecular flexibility index (Phi) is 3.08. The Hall–Kier alpha value is -0.860. The number of Topliss-reactive ketones (excluding diaryl/α,β-unsaturated/α-hetero) is 1. The zero-order chi connectivity index (χ0) is 10.8. The fourth-order valence-corrected chi connectivity index (χ4v) is 2.25. The molecule has 0 aromatic heterocycles. The Bertz CT molecular complexity index is 378. The molecule has 1 aromatic rings. The number of benzene rings is 1. The van der Waals surface area contributed by atoms with E-state index in [4.69, 9.17) is 11.6 Å². The summed E-state index contributed by atoms with van der Waals surface area (Å²) in [7, 11) is 0. The minimum absolute atomic E-state index is 0.125. The van der Waals surface area contributed by atoms with E-state index in [9.17, 15) is 4.79 Å². The van der Waals surface area contributed by atoms with Crippen LogP contribution in [0.15, 0.2) is 24.3 Å². The highest BCUT2D eigenvalue weighted by molar-refractivity contribution is 6.30. The van der Waals surface area contributed by atoms with Crippen molar-refractivity contribution in [3.8, 4) is 0 Å². The molecule has 1 aliphatic rings. The molecule has 0 radical (unpaired) electrons. The summed E-state index contributed by atoms with van der Waals surface area (Å²) in [5.41, 5.74) is 1.10. The maximum Gasteiger partial charge on any atom is 0.136 e. The normalized spacial score (nSPS) is 26.7. The molecule has 0 spiro atoms. The van der Waals surface area contributed by atoms with E-state index >= 15 is 0 Å². The van der Waals surface area contributed by atoms with Gasteiger partial charge in [0, 0.05) is 29.9 Å².